The van der Waals surface area contributed by atoms with Crippen LogP contribution in [0.2, 0.25) is 0 Å². The van der Waals surface area contributed by atoms with E-state index in [4.69, 9.17) is 5.11 Å². The molecule has 0 aliphatic heterocycles. The summed E-state index contributed by atoms with van der Waals surface area (Å²) in [6, 6.07) is 1.95. The van der Waals surface area contributed by atoms with E-state index in [2.05, 4.69) is 15.0 Å². The van der Waals surface area contributed by atoms with Crippen molar-refractivity contribution >= 4 is 11.2 Å². The molecule has 0 unspecified atom stereocenters. The van der Waals surface area contributed by atoms with Gasteiger partial charge in [0.1, 0.15) is 5.82 Å². The van der Waals surface area contributed by atoms with Crippen LogP contribution < -0.4 is 0 Å². The highest BCUT2D eigenvalue weighted by atomic mass is 16.2. The number of hydrogen-bond donors (Lipinski definition) is 2. The summed E-state index contributed by atoms with van der Waals surface area (Å²) in [5.41, 5.74) is 2.91. The van der Waals surface area contributed by atoms with Crippen molar-refractivity contribution in [2.75, 3.05) is 6.61 Å². The van der Waals surface area contributed by atoms with Gasteiger partial charge in [0.2, 0.25) is 0 Å². The molecule has 2 N–H and O–H groups in total. The van der Waals surface area contributed by atoms with Crippen LogP contribution in [0.5, 0.6) is 0 Å². The normalized spacial score (nSPS) is 11.0. The Hall–Kier alpha value is -1.42. The van der Waals surface area contributed by atoms with Crippen LogP contribution in [0.15, 0.2) is 12.3 Å². The van der Waals surface area contributed by atoms with Gasteiger partial charge in [-0.25, -0.2) is 9.97 Å². The highest BCUT2D eigenvalue weighted by Gasteiger charge is 2.04. The van der Waals surface area contributed by atoms with E-state index in [-0.39, 0.29) is 6.61 Å². The number of aromatic amines is 1. The van der Waals surface area contributed by atoms with Crippen LogP contribution >= 0.6 is 0 Å². The molecule has 0 radical (unpaired) electrons. The van der Waals surface area contributed by atoms with Gasteiger partial charge < -0.3 is 10.1 Å². The minimum Gasteiger partial charge on any atom is -0.396 e. The molecule has 14 heavy (non-hydrogen) atoms. The molecule has 2 aromatic rings. The number of aryl methyl sites for hydroxylation is 2. The van der Waals surface area contributed by atoms with E-state index in [0.717, 1.165) is 35.4 Å². The number of nitrogens with zero attached hydrogens (tertiary/aromatic N) is 2. The first-order chi connectivity index (χ1) is 6.81. The molecular formula is C10H13N3O. The number of hydrogen-bond acceptors (Lipinski definition) is 3. The maximum Gasteiger partial charge on any atom is 0.177 e. The molecule has 0 atom stereocenters. The van der Waals surface area contributed by atoms with E-state index in [1.165, 1.54) is 0 Å². The fourth-order valence-electron chi connectivity index (χ4n) is 1.45. The zero-order chi connectivity index (χ0) is 9.97. The monoisotopic (exact) mass is 191 g/mol. The molecule has 0 saturated heterocycles. The summed E-state index contributed by atoms with van der Waals surface area (Å²) < 4.78 is 0. The molecule has 0 aliphatic rings. The van der Waals surface area contributed by atoms with Gasteiger partial charge in [-0.3, -0.25) is 0 Å². The number of imidazole rings is 1. The van der Waals surface area contributed by atoms with Gasteiger partial charge in [-0.15, -0.1) is 0 Å². The van der Waals surface area contributed by atoms with Gasteiger partial charge >= 0.3 is 0 Å². The summed E-state index contributed by atoms with van der Waals surface area (Å²) in [6.07, 6.45) is 3.26. The lowest BCUT2D eigenvalue weighted by Gasteiger charge is -1.92. The maximum atomic E-state index is 8.70. The smallest absolute Gasteiger partial charge is 0.177 e. The predicted octanol–water partition coefficient (Wildman–Crippen LogP) is 1.19. The van der Waals surface area contributed by atoms with E-state index in [1.807, 2.05) is 13.0 Å². The third kappa shape index (κ3) is 1.61. The van der Waals surface area contributed by atoms with E-state index in [9.17, 15) is 0 Å². The average Bonchev–Trinajstić information content (AvgIpc) is 2.59. The average molecular weight is 191 g/mol. The van der Waals surface area contributed by atoms with Gasteiger partial charge in [-0.2, -0.15) is 0 Å². The molecule has 0 bridgehead atoms. The van der Waals surface area contributed by atoms with Crippen LogP contribution in [0.1, 0.15) is 17.8 Å². The van der Waals surface area contributed by atoms with E-state index >= 15 is 0 Å². The van der Waals surface area contributed by atoms with Crippen molar-refractivity contribution in [2.24, 2.45) is 0 Å². The molecule has 0 saturated carbocycles. The molecule has 4 nitrogen and oxygen atoms in total. The molecule has 0 fully saturated rings. The van der Waals surface area contributed by atoms with Crippen molar-refractivity contribution in [3.8, 4) is 0 Å². The lowest BCUT2D eigenvalue weighted by atomic mass is 10.3. The quantitative estimate of drug-likeness (QED) is 0.766. The largest absolute Gasteiger partial charge is 0.396 e. The van der Waals surface area contributed by atoms with Crippen LogP contribution in [0.25, 0.3) is 11.2 Å². The molecule has 4 heteroatoms. The number of fused-ring (bicyclic) bond motifs is 1. The number of aliphatic hydroxyl groups is 1. The van der Waals surface area contributed by atoms with Crippen molar-refractivity contribution in [3.05, 3.63) is 23.7 Å². The molecule has 2 heterocycles. The van der Waals surface area contributed by atoms with Gasteiger partial charge in [-0.05, 0) is 25.0 Å². The summed E-state index contributed by atoms with van der Waals surface area (Å²) in [5.74, 6) is 0.899. The van der Waals surface area contributed by atoms with Gasteiger partial charge in [0.05, 0.1) is 5.52 Å². The SMILES string of the molecule is Cc1ccnc2nc(CCCO)[nH]c12. The second-order valence-electron chi connectivity index (χ2n) is 3.34. The Balaban J connectivity index is 2.36. The van der Waals surface area contributed by atoms with Crippen molar-refractivity contribution < 1.29 is 5.11 Å². The molecule has 74 valence electrons. The van der Waals surface area contributed by atoms with Crippen molar-refractivity contribution in [2.45, 2.75) is 19.8 Å². The Morgan fingerprint density at radius 1 is 1.50 bits per heavy atom. The molecular weight excluding hydrogens is 178 g/mol. The second-order valence-corrected chi connectivity index (χ2v) is 3.34. The third-order valence-corrected chi connectivity index (χ3v) is 2.22. The first-order valence-electron chi connectivity index (χ1n) is 4.72. The minimum atomic E-state index is 0.198. The lowest BCUT2D eigenvalue weighted by Crippen LogP contribution is -1.91. The van der Waals surface area contributed by atoms with Crippen molar-refractivity contribution in [1.82, 2.24) is 15.0 Å². The lowest BCUT2D eigenvalue weighted by molar-refractivity contribution is 0.287. The molecule has 0 amide bonds. The number of H-pyrrole nitrogens is 1. The van der Waals surface area contributed by atoms with Gasteiger partial charge in [-0.1, -0.05) is 0 Å². The van der Waals surface area contributed by atoms with Gasteiger partial charge in [0.25, 0.3) is 0 Å². The van der Waals surface area contributed by atoms with Crippen molar-refractivity contribution in [1.29, 1.82) is 0 Å². The Morgan fingerprint density at radius 3 is 3.07 bits per heavy atom. The highest BCUT2D eigenvalue weighted by Crippen LogP contribution is 2.13. The molecule has 0 spiro atoms. The molecule has 0 aromatic carbocycles. The Bertz CT molecular complexity index is 436. The summed E-state index contributed by atoms with van der Waals surface area (Å²) >= 11 is 0. The molecule has 0 aliphatic carbocycles. The van der Waals surface area contributed by atoms with E-state index < -0.39 is 0 Å². The summed E-state index contributed by atoms with van der Waals surface area (Å²) in [5, 5.41) is 8.70. The summed E-state index contributed by atoms with van der Waals surface area (Å²) in [6.45, 7) is 2.22. The van der Waals surface area contributed by atoms with E-state index in [1.54, 1.807) is 6.20 Å². The third-order valence-electron chi connectivity index (χ3n) is 2.22. The Labute approximate surface area is 82.0 Å². The number of pyridine rings is 1. The standard InChI is InChI=1S/C10H13N3O/c1-7-4-5-11-10-9(7)12-8(13-10)3-2-6-14/h4-5,14H,2-3,6H2,1H3,(H,11,12,13). The Kier molecular flexibility index (Phi) is 2.45. The number of aliphatic hydroxyl groups excluding tert-OH is 1. The second kappa shape index (κ2) is 3.75. The van der Waals surface area contributed by atoms with Crippen LogP contribution in [0, 0.1) is 6.92 Å². The first-order valence-corrected chi connectivity index (χ1v) is 4.72. The summed E-state index contributed by atoms with van der Waals surface area (Å²) in [4.78, 5) is 11.7. The van der Waals surface area contributed by atoms with Crippen LogP contribution in [-0.4, -0.2) is 26.7 Å². The van der Waals surface area contributed by atoms with E-state index in [0.29, 0.717) is 0 Å². The maximum absolute atomic E-state index is 8.70. The number of aromatic nitrogens is 3. The van der Waals surface area contributed by atoms with Crippen molar-refractivity contribution in [3.63, 3.8) is 0 Å². The zero-order valence-corrected chi connectivity index (χ0v) is 8.12. The molecule has 2 aromatic heterocycles. The van der Waals surface area contributed by atoms with Crippen LogP contribution in [0.3, 0.4) is 0 Å². The van der Waals surface area contributed by atoms with Gasteiger partial charge in [0, 0.05) is 19.2 Å². The predicted molar refractivity (Wildman–Crippen MR) is 54.0 cm³/mol. The van der Waals surface area contributed by atoms with Gasteiger partial charge in [0.15, 0.2) is 5.65 Å². The fourth-order valence-corrected chi connectivity index (χ4v) is 1.45. The highest BCUT2D eigenvalue weighted by molar-refractivity contribution is 5.74. The molecule has 2 rings (SSSR count). The zero-order valence-electron chi connectivity index (χ0n) is 8.12. The number of nitrogens with one attached hydrogen (secondary N) is 1. The van der Waals surface area contributed by atoms with Crippen LogP contribution in [0.4, 0.5) is 0 Å². The van der Waals surface area contributed by atoms with Crippen LogP contribution in [-0.2, 0) is 6.42 Å². The Morgan fingerprint density at radius 2 is 2.36 bits per heavy atom. The summed E-state index contributed by atoms with van der Waals surface area (Å²) in [7, 11) is 0. The topological polar surface area (TPSA) is 61.8 Å². The minimum absolute atomic E-state index is 0.198. The first kappa shape index (κ1) is 9.15. The number of rotatable bonds is 3. The fraction of sp³-hybridized carbons (Fsp3) is 0.400.